The van der Waals surface area contributed by atoms with Crippen LogP contribution in [0.2, 0.25) is 0 Å². The van der Waals surface area contributed by atoms with Crippen LogP contribution in [0.25, 0.3) is 0 Å². The van der Waals surface area contributed by atoms with Crippen LogP contribution in [0.15, 0.2) is 12.1 Å². The molecule has 2 nitrogen and oxygen atoms in total. The summed E-state index contributed by atoms with van der Waals surface area (Å²) in [6.45, 7) is 4.32. The van der Waals surface area contributed by atoms with Crippen LogP contribution in [0.3, 0.4) is 0 Å². The third-order valence-corrected chi connectivity index (χ3v) is 4.10. The fraction of sp³-hybridized carbons (Fsp3) is 0.571. The van der Waals surface area contributed by atoms with Gasteiger partial charge in [-0.25, -0.2) is 8.78 Å². The molecule has 0 heterocycles. The Balaban J connectivity index is 2.18. The normalized spacial score (nSPS) is 28.1. The number of anilines is 2. The van der Waals surface area contributed by atoms with Gasteiger partial charge in [-0.1, -0.05) is 26.7 Å². The molecule has 0 aromatic heterocycles. The van der Waals surface area contributed by atoms with E-state index in [0.717, 1.165) is 25.0 Å². The predicted molar refractivity (Wildman–Crippen MR) is 70.4 cm³/mol. The maximum absolute atomic E-state index is 13.7. The highest BCUT2D eigenvalue weighted by molar-refractivity contribution is 5.54. The summed E-state index contributed by atoms with van der Waals surface area (Å²) in [5, 5.41) is 3.02. The number of nitrogens with one attached hydrogen (secondary N) is 1. The van der Waals surface area contributed by atoms with Crippen molar-refractivity contribution < 1.29 is 8.78 Å². The molecule has 0 saturated heterocycles. The van der Waals surface area contributed by atoms with Crippen LogP contribution in [0.4, 0.5) is 20.2 Å². The minimum absolute atomic E-state index is 0.0462. The lowest BCUT2D eigenvalue weighted by molar-refractivity contribution is 0.252. The number of halogens is 2. The van der Waals surface area contributed by atoms with E-state index in [2.05, 4.69) is 19.2 Å². The average molecular weight is 254 g/mol. The number of hydrogen-bond acceptors (Lipinski definition) is 2. The monoisotopic (exact) mass is 254 g/mol. The summed E-state index contributed by atoms with van der Waals surface area (Å²) in [4.78, 5) is 0. The van der Waals surface area contributed by atoms with Crippen LogP contribution < -0.4 is 11.1 Å². The Morgan fingerprint density at radius 1 is 1.17 bits per heavy atom. The molecule has 1 fully saturated rings. The summed E-state index contributed by atoms with van der Waals surface area (Å²) in [7, 11) is 0. The minimum Gasteiger partial charge on any atom is -0.399 e. The molecule has 0 radical (unpaired) electrons. The van der Waals surface area contributed by atoms with E-state index in [1.54, 1.807) is 0 Å². The summed E-state index contributed by atoms with van der Waals surface area (Å²) in [5.41, 5.74) is 5.47. The molecule has 0 spiro atoms. The maximum atomic E-state index is 13.7. The van der Waals surface area contributed by atoms with Gasteiger partial charge in [0.05, 0.1) is 0 Å². The summed E-state index contributed by atoms with van der Waals surface area (Å²) in [5.74, 6) is -0.234. The van der Waals surface area contributed by atoms with E-state index in [-0.39, 0.29) is 17.4 Å². The Bertz CT molecular complexity index is 411. The van der Waals surface area contributed by atoms with Gasteiger partial charge in [0.1, 0.15) is 5.69 Å². The third kappa shape index (κ3) is 2.57. The molecule has 1 aromatic carbocycles. The zero-order chi connectivity index (χ0) is 13.3. The van der Waals surface area contributed by atoms with Gasteiger partial charge < -0.3 is 11.1 Å². The van der Waals surface area contributed by atoms with Gasteiger partial charge in [-0.05, 0) is 30.4 Å². The van der Waals surface area contributed by atoms with Crippen molar-refractivity contribution in [2.45, 2.75) is 39.2 Å². The van der Waals surface area contributed by atoms with Crippen molar-refractivity contribution in [3.05, 3.63) is 23.8 Å². The lowest BCUT2D eigenvalue weighted by Crippen LogP contribution is -2.35. The van der Waals surface area contributed by atoms with Gasteiger partial charge in [0.15, 0.2) is 11.6 Å². The highest BCUT2D eigenvalue weighted by Gasteiger charge is 2.28. The van der Waals surface area contributed by atoms with Gasteiger partial charge in [-0.2, -0.15) is 0 Å². The first-order valence-corrected chi connectivity index (χ1v) is 6.50. The molecule has 1 saturated carbocycles. The molecule has 3 unspecified atom stereocenters. The quantitative estimate of drug-likeness (QED) is 0.788. The van der Waals surface area contributed by atoms with E-state index in [0.29, 0.717) is 11.8 Å². The second-order valence-corrected chi connectivity index (χ2v) is 5.38. The number of nitrogens with two attached hydrogens (primary N) is 1. The molecular formula is C14H20F2N2. The zero-order valence-corrected chi connectivity index (χ0v) is 10.8. The summed E-state index contributed by atoms with van der Waals surface area (Å²) in [6.07, 6.45) is 3.24. The van der Waals surface area contributed by atoms with E-state index in [1.165, 1.54) is 6.42 Å². The van der Waals surface area contributed by atoms with Crippen molar-refractivity contribution >= 4 is 11.4 Å². The molecule has 0 bridgehead atoms. The van der Waals surface area contributed by atoms with E-state index >= 15 is 0 Å². The van der Waals surface area contributed by atoms with Gasteiger partial charge >= 0.3 is 0 Å². The fourth-order valence-electron chi connectivity index (χ4n) is 2.70. The molecule has 3 N–H and O–H groups in total. The Kier molecular flexibility index (Phi) is 3.73. The SMILES string of the molecule is CC1CCCC(Nc2c(F)cc(N)cc2F)C1C. The van der Waals surface area contributed by atoms with Crippen molar-refractivity contribution in [3.8, 4) is 0 Å². The van der Waals surface area contributed by atoms with Crippen LogP contribution in [0.5, 0.6) is 0 Å². The van der Waals surface area contributed by atoms with Gasteiger partial charge in [0.2, 0.25) is 0 Å². The minimum atomic E-state index is -0.613. The second-order valence-electron chi connectivity index (χ2n) is 5.38. The molecule has 2 rings (SSSR count). The molecule has 100 valence electrons. The van der Waals surface area contributed by atoms with Gasteiger partial charge in [-0.3, -0.25) is 0 Å². The average Bonchev–Trinajstić information content (AvgIpc) is 2.28. The molecule has 0 amide bonds. The number of nitrogen functional groups attached to an aromatic ring is 1. The van der Waals surface area contributed by atoms with Crippen LogP contribution in [-0.2, 0) is 0 Å². The van der Waals surface area contributed by atoms with Crippen LogP contribution >= 0.6 is 0 Å². The zero-order valence-electron chi connectivity index (χ0n) is 10.8. The highest BCUT2D eigenvalue weighted by Crippen LogP contribution is 2.33. The lowest BCUT2D eigenvalue weighted by Gasteiger charge is -2.35. The van der Waals surface area contributed by atoms with Crippen LogP contribution in [-0.4, -0.2) is 6.04 Å². The predicted octanol–water partition coefficient (Wildman–Crippen LogP) is 3.78. The smallest absolute Gasteiger partial charge is 0.151 e. The van der Waals surface area contributed by atoms with Crippen molar-refractivity contribution in [1.82, 2.24) is 0 Å². The molecule has 18 heavy (non-hydrogen) atoms. The number of benzene rings is 1. The Hall–Kier alpha value is -1.32. The maximum Gasteiger partial charge on any atom is 0.151 e. The molecule has 1 aromatic rings. The van der Waals surface area contributed by atoms with Gasteiger partial charge in [0, 0.05) is 11.7 Å². The standard InChI is InChI=1S/C14H20F2N2/c1-8-4-3-5-13(9(8)2)18-14-11(15)6-10(17)7-12(14)16/h6-9,13,18H,3-5,17H2,1-2H3. The number of hydrogen-bond donors (Lipinski definition) is 2. The molecule has 1 aliphatic rings. The number of rotatable bonds is 2. The molecule has 0 aliphatic heterocycles. The summed E-state index contributed by atoms with van der Waals surface area (Å²) in [6, 6.07) is 2.44. The largest absolute Gasteiger partial charge is 0.399 e. The Morgan fingerprint density at radius 3 is 2.39 bits per heavy atom. The van der Waals surface area contributed by atoms with Crippen molar-refractivity contribution in [3.63, 3.8) is 0 Å². The van der Waals surface area contributed by atoms with E-state index < -0.39 is 11.6 Å². The molecule has 4 heteroatoms. The first-order valence-electron chi connectivity index (χ1n) is 6.50. The Labute approximate surface area is 107 Å². The lowest BCUT2D eigenvalue weighted by atomic mass is 9.78. The Morgan fingerprint density at radius 2 is 1.78 bits per heavy atom. The van der Waals surface area contributed by atoms with Crippen molar-refractivity contribution in [1.29, 1.82) is 0 Å². The summed E-state index contributed by atoms with van der Waals surface area (Å²) >= 11 is 0. The van der Waals surface area contributed by atoms with Gasteiger partial charge in [0.25, 0.3) is 0 Å². The second kappa shape index (κ2) is 5.12. The first-order chi connectivity index (χ1) is 8.49. The molecule has 1 aliphatic carbocycles. The molecular weight excluding hydrogens is 234 g/mol. The highest BCUT2D eigenvalue weighted by atomic mass is 19.1. The van der Waals surface area contributed by atoms with Crippen LogP contribution in [0.1, 0.15) is 33.1 Å². The molecule has 3 atom stereocenters. The third-order valence-electron chi connectivity index (χ3n) is 4.10. The fourth-order valence-corrected chi connectivity index (χ4v) is 2.70. The van der Waals surface area contributed by atoms with Gasteiger partial charge in [-0.15, -0.1) is 0 Å². The van der Waals surface area contributed by atoms with Crippen molar-refractivity contribution in [2.75, 3.05) is 11.1 Å². The van der Waals surface area contributed by atoms with Crippen molar-refractivity contribution in [2.24, 2.45) is 11.8 Å². The topological polar surface area (TPSA) is 38.0 Å². The van der Waals surface area contributed by atoms with E-state index in [1.807, 2.05) is 0 Å². The van der Waals surface area contributed by atoms with Crippen LogP contribution in [0, 0.1) is 23.5 Å². The first kappa shape index (κ1) is 13.1. The summed E-state index contributed by atoms with van der Waals surface area (Å²) < 4.78 is 27.4. The van der Waals surface area contributed by atoms with E-state index in [4.69, 9.17) is 5.73 Å². The van der Waals surface area contributed by atoms with E-state index in [9.17, 15) is 8.78 Å².